The normalized spacial score (nSPS) is 23.3. The molecule has 0 aliphatic carbocycles. The van der Waals surface area contributed by atoms with Crippen molar-refractivity contribution < 1.29 is 22.7 Å². The number of sulfonamides is 1. The third kappa shape index (κ3) is 5.84. The molecule has 0 fully saturated rings. The van der Waals surface area contributed by atoms with Gasteiger partial charge in [-0.15, -0.1) is 0 Å². The summed E-state index contributed by atoms with van der Waals surface area (Å²) >= 11 is 0. The van der Waals surface area contributed by atoms with Gasteiger partial charge in [-0.3, -0.25) is 14.4 Å². The first kappa shape index (κ1) is 25.0. The number of anilines is 1. The first-order valence-corrected chi connectivity index (χ1v) is 12.3. The van der Waals surface area contributed by atoms with Crippen LogP contribution in [0.2, 0.25) is 0 Å². The van der Waals surface area contributed by atoms with E-state index in [0.717, 1.165) is 6.54 Å². The third-order valence-corrected chi connectivity index (χ3v) is 7.23. The fourth-order valence-corrected chi connectivity index (χ4v) is 4.78. The Labute approximate surface area is 195 Å². The van der Waals surface area contributed by atoms with Crippen molar-refractivity contribution in [1.29, 1.82) is 0 Å². The standard InChI is InChI=1S/C22H33N5O5S/c1-15-10-26(4)16(2)13-32-19-9-17(24-33(29,30)21-12-25(3)14-23-21)7-8-18(19)22(28)27(5)11-20(15)31-6/h7-9,12,14-16,20,24H,10-11,13H2,1-6H3/t15-,16+,20+/m0/s1. The lowest BCUT2D eigenvalue weighted by molar-refractivity contribution is 0.0150. The molecule has 1 aliphatic rings. The molecule has 0 bridgehead atoms. The average molecular weight is 480 g/mol. The summed E-state index contributed by atoms with van der Waals surface area (Å²) in [5.74, 6) is 0.302. The second-order valence-corrected chi connectivity index (χ2v) is 10.4. The number of hydrogen-bond donors (Lipinski definition) is 1. The maximum absolute atomic E-state index is 13.2. The molecule has 11 heteroatoms. The number of fused-ring (bicyclic) bond motifs is 1. The first-order chi connectivity index (χ1) is 15.5. The lowest BCUT2D eigenvalue weighted by atomic mass is 10.0. The largest absolute Gasteiger partial charge is 0.491 e. The van der Waals surface area contributed by atoms with Crippen molar-refractivity contribution in [3.05, 3.63) is 36.3 Å². The number of rotatable bonds is 4. The van der Waals surface area contributed by atoms with Crippen LogP contribution in [0.1, 0.15) is 24.2 Å². The molecule has 10 nitrogen and oxygen atoms in total. The van der Waals surface area contributed by atoms with Gasteiger partial charge < -0.3 is 18.9 Å². The number of carbonyl (C=O) groups is 1. The Morgan fingerprint density at radius 2 is 1.91 bits per heavy atom. The number of nitrogens with zero attached hydrogens (tertiary/aromatic N) is 4. The van der Waals surface area contributed by atoms with Gasteiger partial charge in [0, 0.05) is 52.6 Å². The SMILES string of the molecule is CO[C@@H]1CN(C)C(=O)c2ccc(NS(=O)(=O)c3cn(C)cn3)cc2OC[C@@H](C)N(C)C[C@@H]1C. The van der Waals surface area contributed by atoms with Crippen molar-refractivity contribution >= 4 is 21.6 Å². The van der Waals surface area contributed by atoms with E-state index in [2.05, 4.69) is 21.5 Å². The van der Waals surface area contributed by atoms with Gasteiger partial charge in [-0.25, -0.2) is 4.98 Å². The Morgan fingerprint density at radius 3 is 2.55 bits per heavy atom. The molecule has 2 heterocycles. The number of carbonyl (C=O) groups excluding carboxylic acids is 1. The van der Waals surface area contributed by atoms with Crippen molar-refractivity contribution in [3.8, 4) is 5.75 Å². The zero-order chi connectivity index (χ0) is 24.3. The number of hydrogen-bond acceptors (Lipinski definition) is 7. The van der Waals surface area contributed by atoms with Gasteiger partial charge in [-0.2, -0.15) is 8.42 Å². The van der Waals surface area contributed by atoms with Gasteiger partial charge in [-0.1, -0.05) is 6.92 Å². The van der Waals surface area contributed by atoms with Crippen LogP contribution in [0.5, 0.6) is 5.75 Å². The molecule has 0 saturated heterocycles. The van der Waals surface area contributed by atoms with E-state index >= 15 is 0 Å². The highest BCUT2D eigenvalue weighted by molar-refractivity contribution is 7.92. The van der Waals surface area contributed by atoms with Gasteiger partial charge in [-0.05, 0) is 32.0 Å². The number of likely N-dealkylation sites (N-methyl/N-ethyl adjacent to an activating group) is 2. The number of methoxy groups -OCH3 is 1. The molecule has 1 N–H and O–H groups in total. The van der Waals surface area contributed by atoms with Crippen LogP contribution in [0.15, 0.2) is 35.7 Å². The monoisotopic (exact) mass is 479 g/mol. The summed E-state index contributed by atoms with van der Waals surface area (Å²) in [4.78, 5) is 20.9. The fraction of sp³-hybridized carbons (Fsp3) is 0.545. The maximum Gasteiger partial charge on any atom is 0.280 e. The van der Waals surface area contributed by atoms with Gasteiger partial charge in [0.05, 0.1) is 23.7 Å². The van der Waals surface area contributed by atoms with E-state index in [-0.39, 0.29) is 34.7 Å². The predicted molar refractivity (Wildman–Crippen MR) is 125 cm³/mol. The Bertz CT molecular complexity index is 1090. The highest BCUT2D eigenvalue weighted by atomic mass is 32.2. The van der Waals surface area contributed by atoms with Crippen molar-refractivity contribution in [2.45, 2.75) is 31.0 Å². The average Bonchev–Trinajstić information content (AvgIpc) is 3.21. The van der Waals surface area contributed by atoms with Crippen LogP contribution in [0.3, 0.4) is 0 Å². The number of ether oxygens (including phenoxy) is 2. The first-order valence-electron chi connectivity index (χ1n) is 10.8. The van der Waals surface area contributed by atoms with E-state index < -0.39 is 10.0 Å². The van der Waals surface area contributed by atoms with E-state index in [4.69, 9.17) is 9.47 Å². The number of aromatic nitrogens is 2. The molecule has 1 aromatic carbocycles. The minimum atomic E-state index is -3.88. The van der Waals surface area contributed by atoms with Crippen LogP contribution >= 0.6 is 0 Å². The lowest BCUT2D eigenvalue weighted by Crippen LogP contribution is -2.45. The second kappa shape index (κ2) is 10.1. The molecule has 0 saturated carbocycles. The zero-order valence-corrected chi connectivity index (χ0v) is 20.8. The van der Waals surface area contributed by atoms with Gasteiger partial charge in [0.2, 0.25) is 0 Å². The van der Waals surface area contributed by atoms with E-state index in [1.54, 1.807) is 42.8 Å². The maximum atomic E-state index is 13.2. The molecule has 1 aromatic heterocycles. The van der Waals surface area contributed by atoms with Crippen molar-refractivity contribution in [2.75, 3.05) is 45.6 Å². The van der Waals surface area contributed by atoms with Gasteiger partial charge in [0.15, 0.2) is 5.03 Å². The highest BCUT2D eigenvalue weighted by Crippen LogP contribution is 2.27. The molecule has 0 radical (unpaired) electrons. The van der Waals surface area contributed by atoms with Crippen molar-refractivity contribution in [1.82, 2.24) is 19.4 Å². The van der Waals surface area contributed by atoms with Gasteiger partial charge in [0.1, 0.15) is 12.4 Å². The molecule has 2 aromatic rings. The molecule has 3 rings (SSSR count). The lowest BCUT2D eigenvalue weighted by Gasteiger charge is -2.34. The summed E-state index contributed by atoms with van der Waals surface area (Å²) in [7, 11) is 3.22. The van der Waals surface area contributed by atoms with Crippen LogP contribution < -0.4 is 9.46 Å². The number of amides is 1. The molecule has 33 heavy (non-hydrogen) atoms. The molecule has 3 atom stereocenters. The Balaban J connectivity index is 1.94. The Hall–Kier alpha value is -2.63. The molecule has 1 aliphatic heterocycles. The summed E-state index contributed by atoms with van der Waals surface area (Å²) in [5, 5.41) is -0.0931. The summed E-state index contributed by atoms with van der Waals surface area (Å²) in [5.41, 5.74) is 0.641. The summed E-state index contributed by atoms with van der Waals surface area (Å²) in [6.45, 7) is 5.69. The Morgan fingerprint density at radius 1 is 1.18 bits per heavy atom. The van der Waals surface area contributed by atoms with E-state index in [0.29, 0.717) is 24.5 Å². The predicted octanol–water partition coefficient (Wildman–Crippen LogP) is 1.66. The summed E-state index contributed by atoms with van der Waals surface area (Å²) in [6, 6.07) is 4.73. The second-order valence-electron chi connectivity index (χ2n) is 8.73. The van der Waals surface area contributed by atoms with Crippen LogP contribution in [0, 0.1) is 5.92 Å². The number of aryl methyl sites for hydroxylation is 1. The quantitative estimate of drug-likeness (QED) is 0.711. The van der Waals surface area contributed by atoms with Crippen molar-refractivity contribution in [2.24, 2.45) is 13.0 Å². The van der Waals surface area contributed by atoms with Gasteiger partial charge in [0.25, 0.3) is 15.9 Å². The summed E-state index contributed by atoms with van der Waals surface area (Å²) < 4.78 is 41.1. The number of nitrogens with one attached hydrogen (secondary N) is 1. The minimum absolute atomic E-state index is 0.0685. The van der Waals surface area contributed by atoms with Crippen LogP contribution in [0.25, 0.3) is 0 Å². The van der Waals surface area contributed by atoms with E-state index in [1.165, 1.54) is 18.6 Å². The van der Waals surface area contributed by atoms with Crippen molar-refractivity contribution in [3.63, 3.8) is 0 Å². The number of imidazole rings is 1. The third-order valence-electron chi connectivity index (χ3n) is 5.97. The highest BCUT2D eigenvalue weighted by Gasteiger charge is 2.27. The zero-order valence-electron chi connectivity index (χ0n) is 20.0. The smallest absolute Gasteiger partial charge is 0.280 e. The summed E-state index contributed by atoms with van der Waals surface area (Å²) in [6.07, 6.45) is 2.70. The fourth-order valence-electron chi connectivity index (χ4n) is 3.75. The van der Waals surface area contributed by atoms with Gasteiger partial charge >= 0.3 is 0 Å². The Kier molecular flexibility index (Phi) is 7.65. The molecule has 0 unspecified atom stereocenters. The van der Waals surface area contributed by atoms with Crippen LogP contribution in [-0.4, -0.2) is 86.7 Å². The van der Waals surface area contributed by atoms with E-state index in [9.17, 15) is 13.2 Å². The topological polar surface area (TPSA) is 106 Å². The molecule has 0 spiro atoms. The molecule has 182 valence electrons. The number of benzene rings is 1. The van der Waals surface area contributed by atoms with Crippen LogP contribution in [-0.2, 0) is 21.8 Å². The molecular formula is C22H33N5O5S. The van der Waals surface area contributed by atoms with E-state index in [1.807, 2.05) is 14.0 Å². The molecule has 1 amide bonds. The van der Waals surface area contributed by atoms with Crippen LogP contribution in [0.4, 0.5) is 5.69 Å². The minimum Gasteiger partial charge on any atom is -0.491 e. The molecular weight excluding hydrogens is 446 g/mol.